The number of aliphatic carboxylic acids is 4. The van der Waals surface area contributed by atoms with Gasteiger partial charge in [0.05, 0.1) is 30.2 Å². The van der Waals surface area contributed by atoms with Crippen LogP contribution in [-0.4, -0.2) is 380 Å². The maximum atomic E-state index is 13.3. The summed E-state index contributed by atoms with van der Waals surface area (Å²) in [5.74, 6) is -11.1. The number of likely N-dealkylation sites (N-methyl/N-ethyl adjacent to an activating group) is 1. The molecule has 9 heterocycles. The molecule has 1 aliphatic carbocycles. The summed E-state index contributed by atoms with van der Waals surface area (Å²) in [6.45, 7) is 9.85. The number of hydrogen-bond acceptors (Lipinski definition) is 30. The van der Waals surface area contributed by atoms with Crippen molar-refractivity contribution in [1.82, 2.24) is 66.3 Å². The number of rotatable bonds is 38. The summed E-state index contributed by atoms with van der Waals surface area (Å²) in [5, 5.41) is 129. The SMILES string of the molecule is CCN(C1CNC1)S(=O)(=O)N1C[C@H](CCCB(O)O)[C@](NC(=O)[C@H](C)N)(C(=O)O)C1.C[C@H](N)C(=O)N[C@@]1(C(=O)O)CN(S(=O)(=O)N2CC3(CCC3)C2)C[C@@H]1CCCB(O)O.C[C@H](N)C(=O)N[C@@]1(C(=O)O)CN(S(=O)(=O)N2CC3(CCN3)C2)C[C@@H]1CCCB(O)O.C[C@H](N)C(=O)N[C@@]1(C(=O)O)CN(S(=O)(=O)N2CCCCC2)C[C@@H]1CCCB(O)O. The predicted octanol–water partition coefficient (Wildman–Crippen LogP) is -9.88. The van der Waals surface area contributed by atoms with Gasteiger partial charge in [0.2, 0.25) is 23.6 Å². The topological polar surface area (TPSA) is 718 Å². The number of carbonyl (C=O) groups is 8. The van der Waals surface area contributed by atoms with E-state index in [1.807, 2.05) is 0 Å². The molecule has 9 aliphatic heterocycles. The molecule has 2 spiro atoms. The van der Waals surface area contributed by atoms with E-state index in [-0.39, 0.29) is 133 Å². The number of piperidine rings is 1. The maximum Gasteiger partial charge on any atom is 0.451 e. The molecule has 54 heteroatoms. The van der Waals surface area contributed by atoms with Crippen molar-refractivity contribution in [3.8, 4) is 0 Å². The lowest BCUT2D eigenvalue weighted by molar-refractivity contribution is -0.149. The van der Waals surface area contributed by atoms with E-state index in [4.69, 9.17) is 63.1 Å². The van der Waals surface area contributed by atoms with Gasteiger partial charge in [0.15, 0.2) is 22.2 Å². The summed E-state index contributed by atoms with van der Waals surface area (Å²) in [6.07, 6.45) is 8.36. The van der Waals surface area contributed by atoms with Gasteiger partial charge in [-0.1, -0.05) is 45.4 Å². The maximum absolute atomic E-state index is 13.3. The van der Waals surface area contributed by atoms with Crippen LogP contribution in [0.4, 0.5) is 0 Å². The standard InChI is InChI=1S/C17H31BN4O7S.C16H30BN5O7S.C16H32BN5O7S.C16H31BN4O7S/c1-12(19)14(23)20-17(15(24)25)11-21(8-13(17)4-2-7-18(26)27)30(28,29)22-9-16(10-22)5-3-6-16;1-11(18)13(23)20-16(14(24)25)10-21(7-12(16)3-2-5-17(26)27)30(28,29)22-8-15(9-22)4-6-19-15;1-3-22(13-7-19-8-13)30(28,29)21-9-12(5-4-6-17(26)27)16(10-21,15(24)25)20-14(23)11(2)18;1-12(18)14(22)19-16(15(23)24)11-21(10-13(16)6-5-7-17(25)26)29(27,28)20-8-3-2-4-9-20/h12-13,26-27H,2-11,19H2,1H3,(H,20,23)(H,24,25);11-12,19,26-27H,2-10,18H2,1H3,(H,20,23)(H,24,25);11-13,19,26-27H,3-10,18H2,1-2H3,(H,20,23)(H,24,25);12-13,25-26H,2-11,18H2,1H3,(H,19,22)(H,23,24)/t12-,13-,17-;2*11-,12-,16-;12-,13-,16-/m0000/s1. The molecule has 0 bridgehead atoms. The zero-order valence-electron chi connectivity index (χ0n) is 68.1. The minimum absolute atomic E-state index is 0.00894. The lowest BCUT2D eigenvalue weighted by Crippen LogP contribution is -2.77. The molecule has 10 fully saturated rings. The Kier molecular flexibility index (Phi) is 35.1. The van der Waals surface area contributed by atoms with Crippen LogP contribution in [0.1, 0.15) is 131 Å². The van der Waals surface area contributed by atoms with E-state index in [1.54, 1.807) is 6.92 Å². The summed E-state index contributed by atoms with van der Waals surface area (Å²) >= 11 is 0. The van der Waals surface area contributed by atoms with Gasteiger partial charge in [-0.2, -0.15) is 68.1 Å². The molecule has 1 saturated carbocycles. The monoisotopic (exact) mass is 1780 g/mol. The molecule has 10 aliphatic rings. The van der Waals surface area contributed by atoms with Gasteiger partial charge in [-0.25, -0.2) is 19.2 Å². The molecule has 46 nitrogen and oxygen atoms in total. The fourth-order valence-corrected chi connectivity index (χ4v) is 24.5. The number of nitrogens with zero attached hydrogens (tertiary/aromatic N) is 8. The number of nitrogens with one attached hydrogen (secondary N) is 6. The second-order valence-electron chi connectivity index (χ2n) is 33.7. The zero-order chi connectivity index (χ0) is 89.1. The van der Waals surface area contributed by atoms with Crippen LogP contribution in [0.15, 0.2) is 0 Å². The van der Waals surface area contributed by atoms with Crippen molar-refractivity contribution < 1.29 is 133 Å². The number of hydrogen-bond donors (Lipinski definition) is 22. The molecule has 0 aromatic rings. The Morgan fingerprint density at radius 1 is 0.420 bits per heavy atom. The summed E-state index contributed by atoms with van der Waals surface area (Å²) in [4.78, 5) is 98.2. The van der Waals surface area contributed by atoms with Gasteiger partial charge < -0.3 is 115 Å². The lowest BCUT2D eigenvalue weighted by atomic mass is 9.65. The highest BCUT2D eigenvalue weighted by atomic mass is 32.2. The summed E-state index contributed by atoms with van der Waals surface area (Å²) in [7, 11) is -21.8. The number of carboxylic acid groups (broad SMARTS) is 4. The fraction of sp³-hybridized carbons (Fsp3) is 0.877. The highest BCUT2D eigenvalue weighted by Gasteiger charge is 2.64. The first-order chi connectivity index (χ1) is 55.3. The van der Waals surface area contributed by atoms with Crippen LogP contribution < -0.4 is 54.8 Å². The highest BCUT2D eigenvalue weighted by Crippen LogP contribution is 2.50. The second-order valence-corrected chi connectivity index (χ2v) is 41.3. The van der Waals surface area contributed by atoms with E-state index in [1.165, 1.54) is 44.9 Å². The Morgan fingerprint density at radius 3 is 0.941 bits per heavy atom. The summed E-state index contributed by atoms with van der Waals surface area (Å²) in [6, 6.07) is -4.06. The third kappa shape index (κ3) is 23.6. The van der Waals surface area contributed by atoms with Crippen molar-refractivity contribution in [1.29, 1.82) is 0 Å². The normalized spacial score (nSPS) is 28.4. The average molecular weight is 1780 g/mol. The Hall–Kier alpha value is -5.06. The van der Waals surface area contributed by atoms with E-state index in [0.717, 1.165) is 68.7 Å². The molecule has 0 radical (unpaired) electrons. The zero-order valence-corrected chi connectivity index (χ0v) is 71.4. The van der Waals surface area contributed by atoms with E-state index in [2.05, 4.69) is 31.9 Å². The Labute approximate surface area is 696 Å². The van der Waals surface area contributed by atoms with Crippen LogP contribution in [0, 0.1) is 29.1 Å². The van der Waals surface area contributed by atoms with Crippen LogP contribution in [0.5, 0.6) is 0 Å². The molecule has 0 aromatic carbocycles. The molecule has 678 valence electrons. The predicted molar refractivity (Wildman–Crippen MR) is 431 cm³/mol. The minimum atomic E-state index is -3.96. The molecular formula is C65H124B4N18O28S4. The van der Waals surface area contributed by atoms with Crippen molar-refractivity contribution in [3.05, 3.63) is 0 Å². The fourth-order valence-electron chi connectivity index (χ4n) is 17.0. The molecule has 4 amide bonds. The van der Waals surface area contributed by atoms with Crippen molar-refractivity contribution in [2.75, 3.05) is 118 Å². The van der Waals surface area contributed by atoms with Gasteiger partial charge in [-0.05, 0) is 123 Å². The number of nitrogens with two attached hydrogens (primary N) is 4. The van der Waals surface area contributed by atoms with Crippen LogP contribution in [-0.2, 0) is 79.2 Å². The molecule has 10 rings (SSSR count). The molecule has 0 aromatic heterocycles. The van der Waals surface area contributed by atoms with E-state index < -0.39 is 206 Å². The number of amides is 4. The van der Waals surface area contributed by atoms with Crippen LogP contribution in [0.3, 0.4) is 0 Å². The van der Waals surface area contributed by atoms with Gasteiger partial charge in [0.25, 0.3) is 40.8 Å². The average Bonchev–Trinajstić information content (AvgIpc) is 1.52. The second kappa shape index (κ2) is 41.4. The van der Waals surface area contributed by atoms with Crippen LogP contribution >= 0.6 is 0 Å². The Morgan fingerprint density at radius 2 is 0.706 bits per heavy atom. The molecule has 0 unspecified atom stereocenters. The molecule has 119 heavy (non-hydrogen) atoms. The van der Waals surface area contributed by atoms with Crippen LogP contribution in [0.2, 0.25) is 25.3 Å². The van der Waals surface area contributed by atoms with Gasteiger partial charge in [0.1, 0.15) is 0 Å². The lowest BCUT2D eigenvalue weighted by Gasteiger charge is -2.55. The van der Waals surface area contributed by atoms with Crippen molar-refractivity contribution in [2.24, 2.45) is 52.0 Å². The molecule has 12 atom stereocenters. The number of carboxylic acids is 4. The quantitative estimate of drug-likeness (QED) is 0.0255. The van der Waals surface area contributed by atoms with Crippen molar-refractivity contribution in [2.45, 2.75) is 214 Å². The first-order valence-corrected chi connectivity index (χ1v) is 46.1. The van der Waals surface area contributed by atoms with Crippen molar-refractivity contribution >= 4 is 117 Å². The first-order valence-electron chi connectivity index (χ1n) is 40.5. The first kappa shape index (κ1) is 101. The molecular weight excluding hydrogens is 1650 g/mol. The smallest absolute Gasteiger partial charge is 0.451 e. The highest BCUT2D eigenvalue weighted by molar-refractivity contribution is 7.87. The van der Waals surface area contributed by atoms with E-state index in [0.29, 0.717) is 52.4 Å². The van der Waals surface area contributed by atoms with Gasteiger partial charge in [-0.15, -0.1) is 0 Å². The minimum Gasteiger partial charge on any atom is -0.479 e. The summed E-state index contributed by atoms with van der Waals surface area (Å²) in [5.41, 5.74) is 14.9. The van der Waals surface area contributed by atoms with Gasteiger partial charge in [-0.3, -0.25) is 19.2 Å². The third-order valence-electron chi connectivity index (χ3n) is 24.7. The van der Waals surface area contributed by atoms with Gasteiger partial charge in [0, 0.05) is 140 Å². The molecule has 9 saturated heterocycles. The van der Waals surface area contributed by atoms with Crippen molar-refractivity contribution in [3.63, 3.8) is 0 Å². The van der Waals surface area contributed by atoms with Gasteiger partial charge >= 0.3 is 52.4 Å². The van der Waals surface area contributed by atoms with E-state index >= 15 is 0 Å². The Bertz CT molecular complexity index is 3870. The number of carbonyl (C=O) groups excluding carboxylic acids is 4. The van der Waals surface area contributed by atoms with Crippen LogP contribution in [0.25, 0.3) is 0 Å². The third-order valence-corrected chi connectivity index (χ3v) is 32.4. The summed E-state index contributed by atoms with van der Waals surface area (Å²) < 4.78 is 115. The van der Waals surface area contributed by atoms with E-state index in [9.17, 15) is 92.5 Å². The molecule has 26 N–H and O–H groups in total. The largest absolute Gasteiger partial charge is 0.479 e. The Balaban J connectivity index is 0.000000219.